The fraction of sp³-hybridized carbons (Fsp3) is 0.455. The van der Waals surface area contributed by atoms with E-state index < -0.39 is 12.1 Å². The van der Waals surface area contributed by atoms with Gasteiger partial charge in [0.1, 0.15) is 0 Å². The highest BCUT2D eigenvalue weighted by Gasteiger charge is 2.31. The van der Waals surface area contributed by atoms with Gasteiger partial charge in [-0.25, -0.2) is 4.68 Å². The molecule has 114 valence electrons. The molecule has 0 aliphatic rings. The molecule has 0 spiro atoms. The molecule has 0 unspecified atom stereocenters. The maximum Gasteiger partial charge on any atom is 0.333 e. The summed E-state index contributed by atoms with van der Waals surface area (Å²) < 4.78 is 25.8. The SMILES string of the molecule is CN(c1nc(N)nc(Cl)n1)C(C)(C)c1ccn(C(F)F)n1. The Hall–Kier alpha value is -2.03. The molecule has 0 aliphatic heterocycles. The number of nitrogens with two attached hydrogens (primary N) is 1. The van der Waals surface area contributed by atoms with Crippen molar-refractivity contribution in [3.63, 3.8) is 0 Å². The summed E-state index contributed by atoms with van der Waals surface area (Å²) in [4.78, 5) is 13.3. The van der Waals surface area contributed by atoms with Crippen molar-refractivity contribution in [2.24, 2.45) is 0 Å². The summed E-state index contributed by atoms with van der Waals surface area (Å²) in [5.74, 6) is 0.204. The van der Waals surface area contributed by atoms with E-state index >= 15 is 0 Å². The van der Waals surface area contributed by atoms with E-state index in [0.717, 1.165) is 0 Å². The first-order valence-electron chi connectivity index (χ1n) is 5.96. The summed E-state index contributed by atoms with van der Waals surface area (Å²) >= 11 is 5.75. The van der Waals surface area contributed by atoms with Crippen LogP contribution < -0.4 is 10.6 Å². The van der Waals surface area contributed by atoms with Crippen LogP contribution in [0, 0.1) is 0 Å². The molecule has 0 radical (unpaired) electrons. The van der Waals surface area contributed by atoms with Gasteiger partial charge in [-0.05, 0) is 31.5 Å². The van der Waals surface area contributed by atoms with Gasteiger partial charge in [-0.1, -0.05) is 0 Å². The van der Waals surface area contributed by atoms with Crippen molar-refractivity contribution in [1.82, 2.24) is 24.7 Å². The molecule has 0 fully saturated rings. The summed E-state index contributed by atoms with van der Waals surface area (Å²) in [6.45, 7) is 0.889. The molecular weight excluding hydrogens is 304 g/mol. The van der Waals surface area contributed by atoms with E-state index in [1.807, 2.05) is 0 Å². The Kier molecular flexibility index (Phi) is 3.95. The van der Waals surface area contributed by atoms with Crippen molar-refractivity contribution in [2.75, 3.05) is 17.7 Å². The van der Waals surface area contributed by atoms with Crippen molar-refractivity contribution < 1.29 is 8.78 Å². The second kappa shape index (κ2) is 5.40. The lowest BCUT2D eigenvalue weighted by Gasteiger charge is -2.34. The first-order valence-corrected chi connectivity index (χ1v) is 6.34. The molecule has 0 aromatic carbocycles. The van der Waals surface area contributed by atoms with E-state index in [1.165, 1.54) is 12.3 Å². The zero-order valence-corrected chi connectivity index (χ0v) is 12.4. The van der Waals surface area contributed by atoms with E-state index in [4.69, 9.17) is 17.3 Å². The van der Waals surface area contributed by atoms with Crippen LogP contribution in [0.2, 0.25) is 5.28 Å². The number of hydrogen-bond donors (Lipinski definition) is 1. The smallest absolute Gasteiger partial charge is 0.333 e. The Labute approximate surface area is 124 Å². The predicted octanol–water partition coefficient (Wildman–Crippen LogP) is 2.07. The summed E-state index contributed by atoms with van der Waals surface area (Å²) in [5, 5.41) is 3.82. The van der Waals surface area contributed by atoms with Gasteiger partial charge in [-0.3, -0.25) is 0 Å². The lowest BCUT2D eigenvalue weighted by Crippen LogP contribution is -2.40. The molecule has 0 aliphatic carbocycles. The molecule has 0 saturated carbocycles. The molecule has 2 aromatic heterocycles. The molecule has 0 amide bonds. The number of nitrogen functional groups attached to an aromatic ring is 1. The third-order valence-corrected chi connectivity index (χ3v) is 3.36. The molecule has 21 heavy (non-hydrogen) atoms. The van der Waals surface area contributed by atoms with E-state index in [1.54, 1.807) is 25.8 Å². The number of anilines is 2. The van der Waals surface area contributed by atoms with E-state index in [9.17, 15) is 8.78 Å². The zero-order valence-electron chi connectivity index (χ0n) is 11.6. The Bertz CT molecular complexity index is 623. The molecule has 7 nitrogen and oxygen atoms in total. The lowest BCUT2D eigenvalue weighted by atomic mass is 9.99. The van der Waals surface area contributed by atoms with Crippen molar-refractivity contribution in [1.29, 1.82) is 0 Å². The minimum absolute atomic E-state index is 0.0224. The van der Waals surface area contributed by atoms with Gasteiger partial charge in [0.2, 0.25) is 17.2 Å². The highest BCUT2D eigenvalue weighted by molar-refractivity contribution is 6.28. The van der Waals surface area contributed by atoms with Gasteiger partial charge in [-0.2, -0.15) is 28.8 Å². The largest absolute Gasteiger partial charge is 0.368 e. The highest BCUT2D eigenvalue weighted by Crippen LogP contribution is 2.29. The van der Waals surface area contributed by atoms with Crippen LogP contribution in [-0.2, 0) is 5.54 Å². The molecule has 0 saturated heterocycles. The van der Waals surface area contributed by atoms with Crippen LogP contribution in [0.25, 0.3) is 0 Å². The fourth-order valence-corrected chi connectivity index (χ4v) is 1.86. The van der Waals surface area contributed by atoms with Gasteiger partial charge in [0.15, 0.2) is 0 Å². The van der Waals surface area contributed by atoms with E-state index in [2.05, 4.69) is 20.1 Å². The molecule has 2 aromatic rings. The van der Waals surface area contributed by atoms with Gasteiger partial charge in [-0.15, -0.1) is 0 Å². The van der Waals surface area contributed by atoms with E-state index in [-0.39, 0.29) is 17.2 Å². The number of rotatable bonds is 4. The standard InChI is InChI=1S/C11H14ClF2N7/c1-11(2,6-4-5-21(19-6)8(13)14)20(3)10-17-7(12)16-9(15)18-10/h4-5,8H,1-3H3,(H2,15,16,17,18). The van der Waals surface area contributed by atoms with Crippen LogP contribution in [0.5, 0.6) is 0 Å². The average molecular weight is 318 g/mol. The fourth-order valence-electron chi connectivity index (χ4n) is 1.70. The second-order valence-electron chi connectivity index (χ2n) is 4.84. The maximum atomic E-state index is 12.6. The first kappa shape index (κ1) is 15.4. The predicted molar refractivity (Wildman–Crippen MR) is 74.2 cm³/mol. The van der Waals surface area contributed by atoms with Crippen molar-refractivity contribution in [3.05, 3.63) is 23.2 Å². The maximum absolute atomic E-state index is 12.6. The van der Waals surface area contributed by atoms with Crippen LogP contribution in [0.4, 0.5) is 20.7 Å². The summed E-state index contributed by atoms with van der Waals surface area (Å²) in [5.41, 5.74) is 5.21. The zero-order chi connectivity index (χ0) is 15.8. The normalized spacial score (nSPS) is 12.0. The minimum atomic E-state index is -2.69. The van der Waals surface area contributed by atoms with Crippen LogP contribution >= 0.6 is 11.6 Å². The molecule has 2 heterocycles. The average Bonchev–Trinajstić information content (AvgIpc) is 2.86. The Morgan fingerprint density at radius 2 is 2.00 bits per heavy atom. The molecule has 0 bridgehead atoms. The Balaban J connectivity index is 2.36. The van der Waals surface area contributed by atoms with Crippen LogP contribution in [0.15, 0.2) is 12.3 Å². The van der Waals surface area contributed by atoms with Gasteiger partial charge >= 0.3 is 6.55 Å². The first-order chi connectivity index (χ1) is 9.71. The number of hydrogen-bond acceptors (Lipinski definition) is 6. The Morgan fingerprint density at radius 3 is 2.52 bits per heavy atom. The van der Waals surface area contributed by atoms with Crippen LogP contribution in [-0.4, -0.2) is 31.8 Å². The number of alkyl halides is 2. The van der Waals surface area contributed by atoms with Gasteiger partial charge in [0.25, 0.3) is 0 Å². The second-order valence-corrected chi connectivity index (χ2v) is 5.18. The number of nitrogens with zero attached hydrogens (tertiary/aromatic N) is 6. The van der Waals surface area contributed by atoms with Crippen LogP contribution in [0.3, 0.4) is 0 Å². The molecule has 2 N–H and O–H groups in total. The van der Waals surface area contributed by atoms with Gasteiger partial charge in [0, 0.05) is 13.2 Å². The summed E-state index contributed by atoms with van der Waals surface area (Å²) in [7, 11) is 1.69. The number of halogens is 3. The summed E-state index contributed by atoms with van der Waals surface area (Å²) in [6.07, 6.45) is 1.21. The monoisotopic (exact) mass is 317 g/mol. The third kappa shape index (κ3) is 3.02. The minimum Gasteiger partial charge on any atom is -0.368 e. The highest BCUT2D eigenvalue weighted by atomic mass is 35.5. The Morgan fingerprint density at radius 1 is 1.33 bits per heavy atom. The van der Waals surface area contributed by atoms with Gasteiger partial charge in [0.05, 0.1) is 11.2 Å². The molecule has 0 atom stereocenters. The third-order valence-electron chi connectivity index (χ3n) is 3.19. The topological polar surface area (TPSA) is 85.8 Å². The quantitative estimate of drug-likeness (QED) is 0.929. The van der Waals surface area contributed by atoms with Crippen LogP contribution in [0.1, 0.15) is 26.1 Å². The molecular formula is C11H14ClF2N7. The molecule has 10 heteroatoms. The van der Waals surface area contributed by atoms with E-state index in [0.29, 0.717) is 10.4 Å². The molecule has 2 rings (SSSR count). The number of aromatic nitrogens is 5. The van der Waals surface area contributed by atoms with Crippen molar-refractivity contribution in [3.8, 4) is 0 Å². The van der Waals surface area contributed by atoms with Crippen molar-refractivity contribution in [2.45, 2.75) is 25.9 Å². The summed E-state index contributed by atoms with van der Waals surface area (Å²) in [6, 6.07) is 1.51. The lowest BCUT2D eigenvalue weighted by molar-refractivity contribution is 0.0557. The van der Waals surface area contributed by atoms with Gasteiger partial charge < -0.3 is 10.6 Å². The van der Waals surface area contributed by atoms with Crippen molar-refractivity contribution >= 4 is 23.5 Å².